The minimum absolute atomic E-state index is 0.0601. The van der Waals surface area contributed by atoms with Gasteiger partial charge in [-0.3, -0.25) is 4.98 Å². The summed E-state index contributed by atoms with van der Waals surface area (Å²) in [6.45, 7) is 5.84. The molecule has 0 aliphatic carbocycles. The molecule has 1 aliphatic heterocycles. The molecule has 0 radical (unpaired) electrons. The van der Waals surface area contributed by atoms with Crippen molar-refractivity contribution in [3.05, 3.63) is 87.2 Å². The van der Waals surface area contributed by atoms with E-state index in [1.165, 1.54) is 0 Å². The summed E-state index contributed by atoms with van der Waals surface area (Å²) < 4.78 is 0. The van der Waals surface area contributed by atoms with E-state index in [2.05, 4.69) is 22.2 Å². The number of carboxylic acids is 1. The number of carbonyl (C=O) groups is 2. The predicted octanol–water partition coefficient (Wildman–Crippen LogP) is 6.43. The van der Waals surface area contributed by atoms with Crippen molar-refractivity contribution >= 4 is 35.2 Å². The van der Waals surface area contributed by atoms with E-state index in [0.29, 0.717) is 22.2 Å². The number of likely N-dealkylation sites (tertiary alicyclic amines) is 1. The first-order valence-corrected chi connectivity index (χ1v) is 13.4. The summed E-state index contributed by atoms with van der Waals surface area (Å²) in [5.41, 5.74) is 4.18. The summed E-state index contributed by atoms with van der Waals surface area (Å²) in [6.07, 6.45) is 5.14. The third-order valence-corrected chi connectivity index (χ3v) is 8.05. The van der Waals surface area contributed by atoms with Crippen LogP contribution < -0.4 is 5.32 Å². The van der Waals surface area contributed by atoms with Gasteiger partial charge in [-0.05, 0) is 75.6 Å². The van der Waals surface area contributed by atoms with Crippen molar-refractivity contribution in [1.29, 1.82) is 0 Å². The lowest BCUT2D eigenvalue weighted by molar-refractivity contribution is 0.0696. The fourth-order valence-corrected chi connectivity index (χ4v) is 5.53. The van der Waals surface area contributed by atoms with Crippen molar-refractivity contribution in [2.75, 3.05) is 20.1 Å². The number of hydrogen-bond donors (Lipinski definition) is 2. The first-order valence-electron chi connectivity index (χ1n) is 12.6. The summed E-state index contributed by atoms with van der Waals surface area (Å²) in [6, 6.07) is 12.2. The molecule has 4 rings (SSSR count). The Morgan fingerprint density at radius 3 is 2.53 bits per heavy atom. The molecule has 2 amide bonds. The number of piperidine rings is 1. The number of aryl methyl sites for hydroxylation is 1. The molecule has 2 aromatic carbocycles. The van der Waals surface area contributed by atoms with Crippen LogP contribution in [0.3, 0.4) is 0 Å². The average Bonchev–Trinajstić information content (AvgIpc) is 2.89. The Labute approximate surface area is 233 Å². The maximum absolute atomic E-state index is 13.7. The van der Waals surface area contributed by atoms with Gasteiger partial charge in [-0.2, -0.15) is 0 Å². The van der Waals surface area contributed by atoms with Crippen LogP contribution in [0.25, 0.3) is 11.1 Å². The van der Waals surface area contributed by atoms with E-state index < -0.39 is 5.97 Å². The highest BCUT2D eigenvalue weighted by Crippen LogP contribution is 2.38. The van der Waals surface area contributed by atoms with Crippen LogP contribution in [0.15, 0.2) is 54.9 Å². The Bertz CT molecular complexity index is 1310. The SMILES string of the molecule is Cc1cc(CN(C(=O)NC(C)c2ccc(-c3cccnc3)c(Cl)c2Cl)C2CCN(C)CC2)ccc1C(=O)O. The van der Waals surface area contributed by atoms with Crippen LogP contribution in [0.2, 0.25) is 10.0 Å². The summed E-state index contributed by atoms with van der Waals surface area (Å²) in [4.78, 5) is 33.4. The van der Waals surface area contributed by atoms with Gasteiger partial charge in [0.2, 0.25) is 0 Å². The smallest absolute Gasteiger partial charge is 0.335 e. The molecule has 38 heavy (non-hydrogen) atoms. The molecule has 1 unspecified atom stereocenters. The van der Waals surface area contributed by atoms with Crippen molar-refractivity contribution in [1.82, 2.24) is 20.1 Å². The highest BCUT2D eigenvalue weighted by atomic mass is 35.5. The highest BCUT2D eigenvalue weighted by molar-refractivity contribution is 6.44. The van der Waals surface area contributed by atoms with Gasteiger partial charge in [0.05, 0.1) is 21.7 Å². The zero-order valence-electron chi connectivity index (χ0n) is 21.7. The fourth-order valence-electron chi connectivity index (χ4n) is 4.92. The second kappa shape index (κ2) is 12.2. The number of aromatic nitrogens is 1. The molecule has 1 aliphatic rings. The van der Waals surface area contributed by atoms with E-state index in [-0.39, 0.29) is 23.7 Å². The molecule has 2 N–H and O–H groups in total. The van der Waals surface area contributed by atoms with Gasteiger partial charge in [0, 0.05) is 36.1 Å². The normalized spacial score (nSPS) is 15.2. The molecule has 1 aromatic heterocycles. The molecular weight excluding hydrogens is 523 g/mol. The molecule has 1 fully saturated rings. The van der Waals surface area contributed by atoms with Crippen LogP contribution in [0.1, 0.15) is 52.9 Å². The van der Waals surface area contributed by atoms with E-state index in [4.69, 9.17) is 23.2 Å². The van der Waals surface area contributed by atoms with Crippen molar-refractivity contribution in [2.24, 2.45) is 0 Å². The van der Waals surface area contributed by atoms with Crippen molar-refractivity contribution < 1.29 is 14.7 Å². The van der Waals surface area contributed by atoms with Crippen molar-refractivity contribution in [3.63, 3.8) is 0 Å². The Morgan fingerprint density at radius 2 is 1.89 bits per heavy atom. The second-order valence-corrected chi connectivity index (χ2v) is 10.6. The van der Waals surface area contributed by atoms with Crippen LogP contribution in [0.4, 0.5) is 4.79 Å². The lowest BCUT2D eigenvalue weighted by atomic mass is 10.0. The van der Waals surface area contributed by atoms with Gasteiger partial charge in [0.15, 0.2) is 0 Å². The fraction of sp³-hybridized carbons (Fsp3) is 0.345. The van der Waals surface area contributed by atoms with Gasteiger partial charge >= 0.3 is 12.0 Å². The van der Waals surface area contributed by atoms with Crippen LogP contribution in [0, 0.1) is 6.92 Å². The second-order valence-electron chi connectivity index (χ2n) is 9.86. The number of nitrogens with one attached hydrogen (secondary N) is 1. The number of benzene rings is 2. The van der Waals surface area contributed by atoms with Gasteiger partial charge < -0.3 is 20.2 Å². The topological polar surface area (TPSA) is 85.8 Å². The Kier molecular flexibility index (Phi) is 8.92. The Hall–Kier alpha value is -3.13. The largest absolute Gasteiger partial charge is 0.478 e. The third kappa shape index (κ3) is 6.29. The summed E-state index contributed by atoms with van der Waals surface area (Å²) in [7, 11) is 2.08. The number of halogens is 2. The summed E-state index contributed by atoms with van der Waals surface area (Å²) in [5, 5.41) is 13.3. The van der Waals surface area contributed by atoms with E-state index in [1.807, 2.05) is 42.2 Å². The van der Waals surface area contributed by atoms with Crippen LogP contribution in [-0.2, 0) is 6.54 Å². The first kappa shape index (κ1) is 27.9. The van der Waals surface area contributed by atoms with Gasteiger partial charge in [0.1, 0.15) is 0 Å². The van der Waals surface area contributed by atoms with Crippen LogP contribution in [0.5, 0.6) is 0 Å². The molecule has 0 spiro atoms. The zero-order valence-corrected chi connectivity index (χ0v) is 23.3. The molecule has 3 aromatic rings. The standard InChI is InChI=1S/C29H32Cl2N4O3/c1-18-15-20(6-7-23(18)28(36)37)17-35(22-10-13-34(3)14-11-22)29(38)33-19(2)24-8-9-25(27(31)26(24)30)21-5-4-12-32-16-21/h4-9,12,15-16,19,22H,10-11,13-14,17H2,1-3H3,(H,33,38)(H,36,37). The molecule has 0 saturated carbocycles. The number of nitrogens with zero attached hydrogens (tertiary/aromatic N) is 3. The molecule has 1 saturated heterocycles. The number of aromatic carboxylic acids is 1. The zero-order chi connectivity index (χ0) is 27.4. The lowest BCUT2D eigenvalue weighted by Crippen LogP contribution is -2.50. The maximum Gasteiger partial charge on any atom is 0.335 e. The number of amides is 2. The van der Waals surface area contributed by atoms with E-state index in [1.54, 1.807) is 31.5 Å². The highest BCUT2D eigenvalue weighted by Gasteiger charge is 2.29. The maximum atomic E-state index is 13.7. The molecule has 0 bridgehead atoms. The minimum atomic E-state index is -0.960. The third-order valence-electron chi connectivity index (χ3n) is 7.16. The van der Waals surface area contributed by atoms with Gasteiger partial charge in [-0.1, -0.05) is 53.5 Å². The number of rotatable bonds is 7. The molecule has 9 heteroatoms. The van der Waals surface area contributed by atoms with E-state index in [0.717, 1.165) is 48.2 Å². The lowest BCUT2D eigenvalue weighted by Gasteiger charge is -2.38. The van der Waals surface area contributed by atoms with Gasteiger partial charge in [-0.15, -0.1) is 0 Å². The number of carboxylic acid groups (broad SMARTS) is 1. The van der Waals surface area contributed by atoms with E-state index >= 15 is 0 Å². The monoisotopic (exact) mass is 554 g/mol. The molecular formula is C29H32Cl2N4O3. The first-order chi connectivity index (χ1) is 18.2. The van der Waals surface area contributed by atoms with Gasteiger partial charge in [-0.25, -0.2) is 9.59 Å². The molecule has 1 atom stereocenters. The summed E-state index contributed by atoms with van der Waals surface area (Å²) in [5.74, 6) is -0.960. The van der Waals surface area contributed by atoms with Crippen molar-refractivity contribution in [3.8, 4) is 11.1 Å². The minimum Gasteiger partial charge on any atom is -0.478 e. The van der Waals surface area contributed by atoms with Crippen LogP contribution in [-0.4, -0.2) is 58.1 Å². The number of urea groups is 1. The number of carbonyl (C=O) groups excluding carboxylic acids is 1. The Balaban J connectivity index is 1.56. The van der Waals surface area contributed by atoms with Crippen molar-refractivity contribution in [2.45, 2.75) is 45.3 Å². The van der Waals surface area contributed by atoms with E-state index in [9.17, 15) is 14.7 Å². The summed E-state index contributed by atoms with van der Waals surface area (Å²) >= 11 is 13.3. The quantitative estimate of drug-likeness (QED) is 0.351. The number of hydrogen-bond acceptors (Lipinski definition) is 4. The molecule has 2 heterocycles. The average molecular weight is 556 g/mol. The predicted molar refractivity (Wildman–Crippen MR) is 151 cm³/mol. The molecule has 200 valence electrons. The van der Waals surface area contributed by atoms with Crippen LogP contribution >= 0.6 is 23.2 Å². The van der Waals surface area contributed by atoms with Gasteiger partial charge in [0.25, 0.3) is 0 Å². The number of pyridine rings is 1. The molecule has 7 nitrogen and oxygen atoms in total. The Morgan fingerprint density at radius 1 is 1.16 bits per heavy atom.